The summed E-state index contributed by atoms with van der Waals surface area (Å²) in [5, 5.41) is 11.8. The Bertz CT molecular complexity index is 636. The van der Waals surface area contributed by atoms with Crippen molar-refractivity contribution in [2.75, 3.05) is 0 Å². The van der Waals surface area contributed by atoms with Crippen molar-refractivity contribution in [2.45, 2.75) is 20.5 Å². The van der Waals surface area contributed by atoms with Gasteiger partial charge in [-0.25, -0.2) is 0 Å². The van der Waals surface area contributed by atoms with Crippen molar-refractivity contribution in [1.29, 1.82) is 0 Å². The maximum atomic E-state index is 8.80. The average molecular weight is 270 g/mol. The first-order valence-corrected chi connectivity index (χ1v) is 6.37. The molecule has 20 heavy (non-hydrogen) atoms. The van der Waals surface area contributed by atoms with Gasteiger partial charge in [0.05, 0.1) is 0 Å². The Kier molecular flexibility index (Phi) is 4.25. The number of ether oxygens (including phenoxy) is 1. The Morgan fingerprint density at radius 2 is 1.95 bits per heavy atom. The second-order valence-corrected chi connectivity index (χ2v) is 4.70. The normalized spacial score (nSPS) is 11.4. The van der Waals surface area contributed by atoms with Crippen molar-refractivity contribution in [2.24, 2.45) is 10.9 Å². The van der Waals surface area contributed by atoms with Crippen molar-refractivity contribution in [3.05, 3.63) is 64.7 Å². The van der Waals surface area contributed by atoms with Gasteiger partial charge >= 0.3 is 0 Å². The van der Waals surface area contributed by atoms with E-state index in [0.717, 1.165) is 22.4 Å². The molecule has 0 spiro atoms. The highest BCUT2D eigenvalue weighted by Crippen LogP contribution is 2.21. The molecule has 0 fully saturated rings. The lowest BCUT2D eigenvalue weighted by molar-refractivity contribution is 0.303. The van der Waals surface area contributed by atoms with Crippen molar-refractivity contribution in [1.82, 2.24) is 0 Å². The summed E-state index contributed by atoms with van der Waals surface area (Å²) in [6.45, 7) is 4.40. The van der Waals surface area contributed by atoms with Crippen LogP contribution in [0.25, 0.3) is 0 Å². The fourth-order valence-corrected chi connectivity index (χ4v) is 1.97. The Morgan fingerprint density at radius 1 is 1.20 bits per heavy atom. The Labute approximate surface area is 118 Å². The van der Waals surface area contributed by atoms with Crippen molar-refractivity contribution in [3.63, 3.8) is 0 Å². The summed E-state index contributed by atoms with van der Waals surface area (Å²) >= 11 is 0. The molecule has 0 bridgehead atoms. The fraction of sp³-hybridized carbons (Fsp3) is 0.188. The molecule has 0 aliphatic carbocycles. The van der Waals surface area contributed by atoms with E-state index in [4.69, 9.17) is 15.7 Å². The van der Waals surface area contributed by atoms with E-state index in [1.165, 1.54) is 0 Å². The number of oxime groups is 1. The number of nitrogens with two attached hydrogens (primary N) is 1. The molecule has 4 nitrogen and oxygen atoms in total. The van der Waals surface area contributed by atoms with Crippen LogP contribution in [-0.4, -0.2) is 11.0 Å². The van der Waals surface area contributed by atoms with E-state index in [1.807, 2.05) is 50.2 Å². The predicted molar refractivity (Wildman–Crippen MR) is 79.2 cm³/mol. The lowest BCUT2D eigenvalue weighted by Gasteiger charge is -2.12. The maximum Gasteiger partial charge on any atom is 0.170 e. The zero-order valence-electron chi connectivity index (χ0n) is 11.6. The van der Waals surface area contributed by atoms with E-state index in [9.17, 15) is 0 Å². The summed E-state index contributed by atoms with van der Waals surface area (Å²) in [4.78, 5) is 0. The van der Waals surface area contributed by atoms with Gasteiger partial charge in [0.1, 0.15) is 12.4 Å². The molecule has 104 valence electrons. The summed E-state index contributed by atoms with van der Waals surface area (Å²) in [5.74, 6) is 0.935. The molecule has 4 heteroatoms. The third-order valence-corrected chi connectivity index (χ3v) is 3.13. The van der Waals surface area contributed by atoms with Gasteiger partial charge in [0, 0.05) is 11.1 Å². The quantitative estimate of drug-likeness (QED) is 0.388. The van der Waals surface area contributed by atoms with Crippen LogP contribution in [0, 0.1) is 13.8 Å². The van der Waals surface area contributed by atoms with Gasteiger partial charge in [-0.1, -0.05) is 41.6 Å². The van der Waals surface area contributed by atoms with Gasteiger partial charge in [-0.2, -0.15) is 0 Å². The van der Waals surface area contributed by atoms with Gasteiger partial charge in [-0.05, 0) is 31.0 Å². The minimum absolute atomic E-state index is 0.0881. The summed E-state index contributed by atoms with van der Waals surface area (Å²) in [5.41, 5.74) is 9.45. The van der Waals surface area contributed by atoms with Crippen LogP contribution in [0.3, 0.4) is 0 Å². The lowest BCUT2D eigenvalue weighted by atomic mass is 10.1. The van der Waals surface area contributed by atoms with Crippen molar-refractivity contribution < 1.29 is 9.94 Å². The number of nitrogens with zero attached hydrogens (tertiary/aromatic N) is 1. The monoisotopic (exact) mass is 270 g/mol. The summed E-state index contributed by atoms with van der Waals surface area (Å²) < 4.78 is 5.85. The number of rotatable bonds is 4. The SMILES string of the molecule is Cc1ccc(C)c(OCc2ccccc2/C(N)=N/O)c1. The second-order valence-electron chi connectivity index (χ2n) is 4.70. The highest BCUT2D eigenvalue weighted by molar-refractivity contribution is 5.98. The van der Waals surface area contributed by atoms with Gasteiger partial charge in [-0.15, -0.1) is 0 Å². The molecule has 0 aliphatic rings. The van der Waals surface area contributed by atoms with Crippen molar-refractivity contribution in [3.8, 4) is 5.75 Å². The minimum Gasteiger partial charge on any atom is -0.489 e. The maximum absolute atomic E-state index is 8.80. The number of hydrogen-bond donors (Lipinski definition) is 2. The third-order valence-electron chi connectivity index (χ3n) is 3.13. The predicted octanol–water partition coefficient (Wildman–Crippen LogP) is 2.98. The molecule has 0 heterocycles. The smallest absolute Gasteiger partial charge is 0.170 e. The first-order valence-electron chi connectivity index (χ1n) is 6.37. The van der Waals surface area contributed by atoms with E-state index >= 15 is 0 Å². The standard InChI is InChI=1S/C16H18N2O2/c1-11-7-8-12(2)15(9-11)20-10-13-5-3-4-6-14(13)16(17)18-19/h3-9,19H,10H2,1-2H3,(H2,17,18). The van der Waals surface area contributed by atoms with Gasteiger partial charge in [0.15, 0.2) is 5.84 Å². The number of amidine groups is 1. The topological polar surface area (TPSA) is 67.8 Å². The van der Waals surface area contributed by atoms with E-state index in [1.54, 1.807) is 6.07 Å². The van der Waals surface area contributed by atoms with Gasteiger partial charge in [0.2, 0.25) is 0 Å². The van der Waals surface area contributed by atoms with Gasteiger partial charge in [-0.3, -0.25) is 0 Å². The van der Waals surface area contributed by atoms with Crippen LogP contribution in [0.15, 0.2) is 47.6 Å². The van der Waals surface area contributed by atoms with Gasteiger partial charge < -0.3 is 15.7 Å². The van der Waals surface area contributed by atoms with Crippen LogP contribution in [0.2, 0.25) is 0 Å². The van der Waals surface area contributed by atoms with E-state index < -0.39 is 0 Å². The molecule has 2 aromatic rings. The van der Waals surface area contributed by atoms with Crippen LogP contribution in [-0.2, 0) is 6.61 Å². The fourth-order valence-electron chi connectivity index (χ4n) is 1.97. The second kappa shape index (κ2) is 6.10. The Hall–Kier alpha value is -2.49. The van der Waals surface area contributed by atoms with Crippen LogP contribution >= 0.6 is 0 Å². The molecule has 2 aromatic carbocycles. The third kappa shape index (κ3) is 3.09. The summed E-state index contributed by atoms with van der Waals surface area (Å²) in [6.07, 6.45) is 0. The molecular formula is C16H18N2O2. The first kappa shape index (κ1) is 13.9. The number of aryl methyl sites for hydroxylation is 2. The number of benzene rings is 2. The molecule has 0 radical (unpaired) electrons. The molecular weight excluding hydrogens is 252 g/mol. The molecule has 0 amide bonds. The molecule has 0 saturated heterocycles. The lowest BCUT2D eigenvalue weighted by Crippen LogP contribution is -2.16. The molecule has 0 aliphatic heterocycles. The molecule has 3 N–H and O–H groups in total. The van der Waals surface area contributed by atoms with E-state index in [0.29, 0.717) is 12.2 Å². The van der Waals surface area contributed by atoms with E-state index in [-0.39, 0.29) is 5.84 Å². The van der Waals surface area contributed by atoms with Crippen molar-refractivity contribution >= 4 is 5.84 Å². The van der Waals surface area contributed by atoms with Crippen LogP contribution in [0.4, 0.5) is 0 Å². The average Bonchev–Trinajstić information content (AvgIpc) is 2.47. The molecule has 0 atom stereocenters. The minimum atomic E-state index is 0.0881. The first-order chi connectivity index (χ1) is 9.61. The molecule has 0 saturated carbocycles. The largest absolute Gasteiger partial charge is 0.489 e. The van der Waals surface area contributed by atoms with Crippen LogP contribution in [0.1, 0.15) is 22.3 Å². The highest BCUT2D eigenvalue weighted by Gasteiger charge is 2.08. The number of hydrogen-bond acceptors (Lipinski definition) is 3. The van der Waals surface area contributed by atoms with Crippen LogP contribution in [0.5, 0.6) is 5.75 Å². The summed E-state index contributed by atoms with van der Waals surface area (Å²) in [7, 11) is 0. The zero-order chi connectivity index (χ0) is 14.5. The zero-order valence-corrected chi connectivity index (χ0v) is 11.6. The van der Waals surface area contributed by atoms with E-state index in [2.05, 4.69) is 5.16 Å². The highest BCUT2D eigenvalue weighted by atomic mass is 16.5. The molecule has 0 aromatic heterocycles. The molecule has 2 rings (SSSR count). The summed E-state index contributed by atoms with van der Waals surface area (Å²) in [6, 6.07) is 13.5. The molecule has 0 unspecified atom stereocenters. The van der Waals surface area contributed by atoms with Crippen LogP contribution < -0.4 is 10.5 Å². The Balaban J connectivity index is 2.21. The van der Waals surface area contributed by atoms with Gasteiger partial charge in [0.25, 0.3) is 0 Å². The Morgan fingerprint density at radius 3 is 2.70 bits per heavy atom.